The summed E-state index contributed by atoms with van der Waals surface area (Å²) in [7, 11) is 1.66. The summed E-state index contributed by atoms with van der Waals surface area (Å²) in [6.45, 7) is 1.28. The Kier molecular flexibility index (Phi) is 8.06. The molecule has 0 spiro atoms. The van der Waals surface area contributed by atoms with Crippen LogP contribution in [0.1, 0.15) is 25.7 Å². The predicted octanol–water partition coefficient (Wildman–Crippen LogP) is 2.97. The van der Waals surface area contributed by atoms with Crippen LogP contribution < -0.4 is 0 Å². The molecular formula is C10H20O2S2. The van der Waals surface area contributed by atoms with Gasteiger partial charge in [-0.25, -0.2) is 0 Å². The van der Waals surface area contributed by atoms with Crippen molar-refractivity contribution >= 4 is 23.5 Å². The van der Waals surface area contributed by atoms with Crippen LogP contribution in [0, 0.1) is 0 Å². The lowest BCUT2D eigenvalue weighted by Crippen LogP contribution is -2.07. The van der Waals surface area contributed by atoms with Gasteiger partial charge in [-0.05, 0) is 37.2 Å². The van der Waals surface area contributed by atoms with Gasteiger partial charge in [-0.15, -0.1) is 23.5 Å². The van der Waals surface area contributed by atoms with E-state index in [-0.39, 0.29) is 0 Å². The number of unbranched alkanes of at least 4 members (excludes halogenated alkanes) is 1. The van der Waals surface area contributed by atoms with E-state index in [9.17, 15) is 0 Å². The second-order valence-electron chi connectivity index (χ2n) is 3.34. The van der Waals surface area contributed by atoms with E-state index < -0.39 is 0 Å². The SMILES string of the molecule is COCOCCCCC1SCCCS1. The third-order valence-corrected chi connectivity index (χ3v) is 5.16. The average Bonchev–Trinajstić information content (AvgIpc) is 2.25. The predicted molar refractivity (Wildman–Crippen MR) is 65.0 cm³/mol. The average molecular weight is 236 g/mol. The number of methoxy groups -OCH3 is 1. The first-order valence-corrected chi connectivity index (χ1v) is 7.33. The molecule has 1 heterocycles. The van der Waals surface area contributed by atoms with Crippen LogP contribution in [0.15, 0.2) is 0 Å². The first-order valence-electron chi connectivity index (χ1n) is 5.23. The molecule has 0 N–H and O–H groups in total. The molecule has 0 radical (unpaired) electrons. The molecule has 1 aliphatic rings. The van der Waals surface area contributed by atoms with E-state index in [0.717, 1.165) is 11.2 Å². The molecule has 0 aromatic heterocycles. The lowest BCUT2D eigenvalue weighted by molar-refractivity contribution is -0.0315. The summed E-state index contributed by atoms with van der Waals surface area (Å²) in [6.07, 6.45) is 5.18. The van der Waals surface area contributed by atoms with Crippen LogP contribution in [0.25, 0.3) is 0 Å². The van der Waals surface area contributed by atoms with Gasteiger partial charge < -0.3 is 9.47 Å². The van der Waals surface area contributed by atoms with Gasteiger partial charge in [0.2, 0.25) is 0 Å². The molecule has 0 aromatic carbocycles. The molecule has 2 nitrogen and oxygen atoms in total. The Hall–Kier alpha value is 0.620. The Labute approximate surface area is 95.5 Å². The van der Waals surface area contributed by atoms with Crippen LogP contribution in [-0.4, -0.2) is 36.6 Å². The highest BCUT2D eigenvalue weighted by Crippen LogP contribution is 2.33. The molecule has 1 rings (SSSR count). The lowest BCUT2D eigenvalue weighted by Gasteiger charge is -2.20. The molecule has 0 aromatic rings. The minimum absolute atomic E-state index is 0.437. The van der Waals surface area contributed by atoms with E-state index in [4.69, 9.17) is 9.47 Å². The molecular weight excluding hydrogens is 216 g/mol. The summed E-state index contributed by atoms with van der Waals surface area (Å²) in [6, 6.07) is 0. The number of hydrogen-bond acceptors (Lipinski definition) is 4. The smallest absolute Gasteiger partial charge is 0.146 e. The monoisotopic (exact) mass is 236 g/mol. The van der Waals surface area contributed by atoms with Crippen molar-refractivity contribution in [3.05, 3.63) is 0 Å². The van der Waals surface area contributed by atoms with Crippen molar-refractivity contribution in [2.45, 2.75) is 30.3 Å². The highest BCUT2D eigenvalue weighted by atomic mass is 32.2. The Morgan fingerprint density at radius 1 is 1.21 bits per heavy atom. The van der Waals surface area contributed by atoms with Crippen molar-refractivity contribution in [1.29, 1.82) is 0 Å². The molecule has 84 valence electrons. The van der Waals surface area contributed by atoms with Crippen molar-refractivity contribution in [2.75, 3.05) is 32.0 Å². The molecule has 0 saturated carbocycles. The van der Waals surface area contributed by atoms with Crippen LogP contribution in [0.4, 0.5) is 0 Å². The molecule has 4 heteroatoms. The van der Waals surface area contributed by atoms with Gasteiger partial charge in [0.05, 0.1) is 4.58 Å². The van der Waals surface area contributed by atoms with Crippen molar-refractivity contribution in [3.63, 3.8) is 0 Å². The summed E-state index contributed by atoms with van der Waals surface area (Å²) < 4.78 is 10.9. The second-order valence-corrected chi connectivity index (χ2v) is 6.25. The Morgan fingerprint density at radius 2 is 2.00 bits per heavy atom. The Bertz CT molecular complexity index is 127. The second kappa shape index (κ2) is 8.89. The summed E-state index contributed by atoms with van der Waals surface area (Å²) in [4.78, 5) is 0. The van der Waals surface area contributed by atoms with E-state index in [1.54, 1.807) is 7.11 Å². The van der Waals surface area contributed by atoms with Crippen molar-refractivity contribution in [3.8, 4) is 0 Å². The largest absolute Gasteiger partial charge is 0.359 e. The van der Waals surface area contributed by atoms with Gasteiger partial charge >= 0.3 is 0 Å². The van der Waals surface area contributed by atoms with Crippen LogP contribution in [0.5, 0.6) is 0 Å². The van der Waals surface area contributed by atoms with Crippen LogP contribution in [0.2, 0.25) is 0 Å². The van der Waals surface area contributed by atoms with E-state index in [2.05, 4.69) is 23.5 Å². The topological polar surface area (TPSA) is 18.5 Å². The molecule has 1 saturated heterocycles. The van der Waals surface area contributed by atoms with E-state index >= 15 is 0 Å². The van der Waals surface area contributed by atoms with Gasteiger partial charge in [0.25, 0.3) is 0 Å². The molecule has 0 atom stereocenters. The van der Waals surface area contributed by atoms with Gasteiger partial charge in [0.15, 0.2) is 0 Å². The zero-order valence-corrected chi connectivity index (χ0v) is 10.5. The standard InChI is InChI=1S/C10H20O2S2/c1-11-9-12-6-3-2-5-10-13-7-4-8-14-10/h10H,2-9H2,1H3. The van der Waals surface area contributed by atoms with E-state index in [1.807, 2.05) is 0 Å². The third kappa shape index (κ3) is 6.17. The molecule has 14 heavy (non-hydrogen) atoms. The number of rotatable bonds is 7. The summed E-state index contributed by atoms with van der Waals surface area (Å²) >= 11 is 4.26. The summed E-state index contributed by atoms with van der Waals surface area (Å²) in [5.41, 5.74) is 0. The first-order chi connectivity index (χ1) is 6.93. The fraction of sp³-hybridized carbons (Fsp3) is 1.00. The maximum atomic E-state index is 5.24. The van der Waals surface area contributed by atoms with Crippen LogP contribution >= 0.6 is 23.5 Å². The Balaban J connectivity index is 1.82. The van der Waals surface area contributed by atoms with Crippen molar-refractivity contribution < 1.29 is 9.47 Å². The number of ether oxygens (including phenoxy) is 2. The van der Waals surface area contributed by atoms with Crippen LogP contribution in [-0.2, 0) is 9.47 Å². The zero-order valence-electron chi connectivity index (χ0n) is 8.87. The third-order valence-electron chi connectivity index (χ3n) is 2.08. The van der Waals surface area contributed by atoms with Gasteiger partial charge in [-0.2, -0.15) is 0 Å². The highest BCUT2D eigenvalue weighted by molar-refractivity contribution is 8.17. The van der Waals surface area contributed by atoms with Gasteiger partial charge in [0.1, 0.15) is 6.79 Å². The zero-order chi connectivity index (χ0) is 10.1. The lowest BCUT2D eigenvalue weighted by atomic mass is 10.3. The minimum Gasteiger partial charge on any atom is -0.359 e. The quantitative estimate of drug-likeness (QED) is 0.499. The van der Waals surface area contributed by atoms with Gasteiger partial charge in [-0.3, -0.25) is 0 Å². The fourth-order valence-electron chi connectivity index (χ4n) is 1.36. The van der Waals surface area contributed by atoms with Gasteiger partial charge in [0, 0.05) is 13.7 Å². The van der Waals surface area contributed by atoms with Crippen molar-refractivity contribution in [2.24, 2.45) is 0 Å². The molecule has 0 amide bonds. The summed E-state index contributed by atoms with van der Waals surface area (Å²) in [5, 5.41) is 0. The van der Waals surface area contributed by atoms with E-state index in [0.29, 0.717) is 6.79 Å². The fourth-order valence-corrected chi connectivity index (χ4v) is 4.32. The maximum Gasteiger partial charge on any atom is 0.146 e. The highest BCUT2D eigenvalue weighted by Gasteiger charge is 2.13. The maximum absolute atomic E-state index is 5.24. The van der Waals surface area contributed by atoms with Crippen molar-refractivity contribution in [1.82, 2.24) is 0 Å². The number of hydrogen-bond donors (Lipinski definition) is 0. The molecule has 0 unspecified atom stereocenters. The van der Waals surface area contributed by atoms with E-state index in [1.165, 1.54) is 37.2 Å². The first kappa shape index (κ1) is 12.7. The molecule has 0 aliphatic carbocycles. The Morgan fingerprint density at radius 3 is 2.71 bits per heavy atom. The normalized spacial score (nSPS) is 18.6. The summed E-state index contributed by atoms with van der Waals surface area (Å²) in [5.74, 6) is 2.72. The molecule has 1 fully saturated rings. The molecule has 0 bridgehead atoms. The molecule has 1 aliphatic heterocycles. The van der Waals surface area contributed by atoms with Gasteiger partial charge in [-0.1, -0.05) is 0 Å². The number of thioether (sulfide) groups is 2. The minimum atomic E-state index is 0.437. The van der Waals surface area contributed by atoms with Crippen LogP contribution in [0.3, 0.4) is 0 Å².